The smallest absolute Gasteiger partial charge is 0.333 e. The van der Waals surface area contributed by atoms with Crippen molar-refractivity contribution in [2.24, 2.45) is 0 Å². The van der Waals surface area contributed by atoms with E-state index in [-0.39, 0.29) is 23.7 Å². The maximum absolute atomic E-state index is 15.3. The van der Waals surface area contributed by atoms with E-state index in [9.17, 15) is 17.6 Å². The summed E-state index contributed by atoms with van der Waals surface area (Å²) < 4.78 is 64.1. The number of carbonyl (C=O) groups is 1. The van der Waals surface area contributed by atoms with E-state index < -0.39 is 38.3 Å². The highest BCUT2D eigenvalue weighted by atomic mass is 32.2. The van der Waals surface area contributed by atoms with Gasteiger partial charge >= 0.3 is 6.03 Å². The molecule has 178 valence electrons. The predicted octanol–water partition coefficient (Wildman–Crippen LogP) is 3.35. The molecule has 1 aliphatic heterocycles. The van der Waals surface area contributed by atoms with E-state index in [4.69, 9.17) is 4.74 Å². The molecule has 0 atom stereocenters. The number of aromatic nitrogens is 3. The molecule has 2 aromatic heterocycles. The molecule has 4 bridgehead atoms. The van der Waals surface area contributed by atoms with E-state index in [1.54, 1.807) is 24.6 Å². The highest BCUT2D eigenvalue weighted by molar-refractivity contribution is 7.90. The number of benzene rings is 1. The van der Waals surface area contributed by atoms with Crippen molar-refractivity contribution < 1.29 is 26.7 Å². The number of anilines is 1. The summed E-state index contributed by atoms with van der Waals surface area (Å²) in [5, 5.41) is 5.41. The third-order valence-electron chi connectivity index (χ3n) is 5.93. The lowest BCUT2D eigenvalue weighted by molar-refractivity contribution is 0.164. The van der Waals surface area contributed by atoms with E-state index in [0.29, 0.717) is 24.0 Å². The molecule has 2 amide bonds. The highest BCUT2D eigenvalue weighted by Gasteiger charge is 2.32. The molecule has 2 N–H and O–H groups in total. The normalized spacial score (nSPS) is 18.4. The monoisotopic (exact) mass is 489 g/mol. The Bertz CT molecular complexity index is 1440. The molecule has 0 spiro atoms. The molecule has 3 aromatic rings. The molecule has 2 aliphatic rings. The SMILES string of the molecule is CC1(C)COc2cc(ccn2)-c2c(F)cc3c(c2NC(=O)NS(=O)(=O)c2nn1cc2F)CCC3. The Balaban J connectivity index is 1.71. The van der Waals surface area contributed by atoms with Gasteiger partial charge in [0.25, 0.3) is 10.0 Å². The van der Waals surface area contributed by atoms with Gasteiger partial charge in [-0.05, 0) is 61.9 Å². The number of sulfonamides is 1. The van der Waals surface area contributed by atoms with Crippen LogP contribution in [0.5, 0.6) is 5.88 Å². The zero-order chi connectivity index (χ0) is 24.3. The fourth-order valence-electron chi connectivity index (χ4n) is 4.23. The lowest BCUT2D eigenvalue weighted by Crippen LogP contribution is -2.36. The molecule has 0 unspecified atom stereocenters. The Morgan fingerprint density at radius 3 is 2.76 bits per heavy atom. The van der Waals surface area contributed by atoms with Crippen LogP contribution in [0.15, 0.2) is 35.6 Å². The van der Waals surface area contributed by atoms with Crippen molar-refractivity contribution in [1.29, 1.82) is 0 Å². The van der Waals surface area contributed by atoms with E-state index in [1.807, 2.05) is 0 Å². The van der Waals surface area contributed by atoms with Crippen molar-refractivity contribution >= 4 is 21.7 Å². The van der Waals surface area contributed by atoms with Gasteiger partial charge in [-0.1, -0.05) is 0 Å². The molecule has 3 heterocycles. The standard InChI is InChI=1S/C22H21F2N5O4S/c1-22(2)11-33-17-9-13(6-7-25-17)18-15(23)8-12-4-3-5-14(12)19(18)26-21(30)28-34(31,32)20-16(24)10-29(22)27-20/h6-10H,3-5,11H2,1-2H3,(H2,26,28,30). The van der Waals surface area contributed by atoms with Crippen LogP contribution in [0.25, 0.3) is 11.1 Å². The summed E-state index contributed by atoms with van der Waals surface area (Å²) in [5.74, 6) is -1.53. The van der Waals surface area contributed by atoms with Gasteiger partial charge in [-0.15, -0.1) is 0 Å². The third kappa shape index (κ3) is 3.77. The number of carbonyl (C=O) groups excluding carboxylic acids is 1. The number of halogens is 2. The molecular formula is C22H21F2N5O4S. The summed E-state index contributed by atoms with van der Waals surface area (Å²) >= 11 is 0. The number of pyridine rings is 1. The fourth-order valence-corrected chi connectivity index (χ4v) is 5.12. The highest BCUT2D eigenvalue weighted by Crippen LogP contribution is 2.40. The number of amides is 2. The zero-order valence-electron chi connectivity index (χ0n) is 18.4. The quantitative estimate of drug-likeness (QED) is 0.501. The average molecular weight is 490 g/mol. The summed E-state index contributed by atoms with van der Waals surface area (Å²) in [6.07, 6.45) is 4.33. The zero-order valence-corrected chi connectivity index (χ0v) is 19.2. The molecular weight excluding hydrogens is 468 g/mol. The molecule has 34 heavy (non-hydrogen) atoms. The van der Waals surface area contributed by atoms with Gasteiger partial charge in [0.05, 0.1) is 17.4 Å². The number of nitrogens with zero attached hydrogens (tertiary/aromatic N) is 3. The number of fused-ring (bicyclic) bond motifs is 8. The first-order valence-electron chi connectivity index (χ1n) is 10.6. The number of hydrogen-bond acceptors (Lipinski definition) is 6. The van der Waals surface area contributed by atoms with Gasteiger partial charge in [0.2, 0.25) is 10.9 Å². The minimum Gasteiger partial charge on any atom is -0.475 e. The van der Waals surface area contributed by atoms with Gasteiger partial charge in [0.15, 0.2) is 5.82 Å². The molecule has 0 saturated heterocycles. The van der Waals surface area contributed by atoms with Crippen LogP contribution in [0.1, 0.15) is 31.4 Å². The second-order valence-electron chi connectivity index (χ2n) is 8.87. The molecule has 1 aromatic carbocycles. The Morgan fingerprint density at radius 1 is 1.18 bits per heavy atom. The Hall–Kier alpha value is -3.54. The summed E-state index contributed by atoms with van der Waals surface area (Å²) in [7, 11) is -4.67. The van der Waals surface area contributed by atoms with Crippen LogP contribution in [0.3, 0.4) is 0 Å². The fraction of sp³-hybridized carbons (Fsp3) is 0.318. The van der Waals surface area contributed by atoms with Crippen molar-refractivity contribution in [3.8, 4) is 17.0 Å². The predicted molar refractivity (Wildman–Crippen MR) is 118 cm³/mol. The van der Waals surface area contributed by atoms with Gasteiger partial charge in [-0.2, -0.15) is 13.5 Å². The lowest BCUT2D eigenvalue weighted by Gasteiger charge is -2.25. The van der Waals surface area contributed by atoms with Gasteiger partial charge in [0.1, 0.15) is 12.4 Å². The Morgan fingerprint density at radius 2 is 1.97 bits per heavy atom. The summed E-state index contributed by atoms with van der Waals surface area (Å²) in [4.78, 5) is 16.9. The van der Waals surface area contributed by atoms with Gasteiger partial charge in [0, 0.05) is 17.8 Å². The lowest BCUT2D eigenvalue weighted by atomic mass is 9.97. The minimum atomic E-state index is -4.67. The van der Waals surface area contributed by atoms with Crippen LogP contribution in [0, 0.1) is 11.6 Å². The summed E-state index contributed by atoms with van der Waals surface area (Å²) in [6.45, 7) is 3.28. The van der Waals surface area contributed by atoms with E-state index in [2.05, 4.69) is 15.4 Å². The van der Waals surface area contributed by atoms with Crippen molar-refractivity contribution in [1.82, 2.24) is 19.5 Å². The van der Waals surface area contributed by atoms with Crippen LogP contribution >= 0.6 is 0 Å². The first kappa shape index (κ1) is 22.3. The maximum atomic E-state index is 15.3. The third-order valence-corrected chi connectivity index (χ3v) is 7.17. The Kier molecular flexibility index (Phi) is 5.08. The number of nitrogens with one attached hydrogen (secondary N) is 2. The molecule has 9 nitrogen and oxygen atoms in total. The van der Waals surface area contributed by atoms with Crippen molar-refractivity contribution in [2.75, 3.05) is 11.9 Å². The summed E-state index contributed by atoms with van der Waals surface area (Å²) in [5.41, 5.74) is 1.09. The maximum Gasteiger partial charge on any atom is 0.333 e. The van der Waals surface area contributed by atoms with E-state index in [1.165, 1.54) is 18.3 Å². The number of aryl methyl sites for hydroxylation is 1. The van der Waals surface area contributed by atoms with E-state index >= 15 is 4.39 Å². The van der Waals surface area contributed by atoms with Crippen molar-refractivity contribution in [3.63, 3.8) is 0 Å². The largest absolute Gasteiger partial charge is 0.475 e. The van der Waals surface area contributed by atoms with Crippen LogP contribution in [0.4, 0.5) is 19.3 Å². The van der Waals surface area contributed by atoms with Crippen molar-refractivity contribution in [2.45, 2.75) is 43.7 Å². The number of ether oxygens (including phenoxy) is 1. The summed E-state index contributed by atoms with van der Waals surface area (Å²) in [6, 6.07) is 3.38. The number of urea groups is 1. The molecule has 0 saturated carbocycles. The van der Waals surface area contributed by atoms with E-state index in [0.717, 1.165) is 22.9 Å². The number of hydrogen-bond donors (Lipinski definition) is 2. The average Bonchev–Trinajstić information content (AvgIpc) is 3.39. The van der Waals surface area contributed by atoms with Gasteiger partial charge in [-0.25, -0.2) is 23.3 Å². The molecule has 0 radical (unpaired) electrons. The van der Waals surface area contributed by atoms with Gasteiger partial charge < -0.3 is 10.1 Å². The topological polar surface area (TPSA) is 115 Å². The molecule has 1 aliphatic carbocycles. The molecule has 5 rings (SSSR count). The van der Waals surface area contributed by atoms with Crippen LogP contribution in [-0.4, -0.2) is 35.8 Å². The van der Waals surface area contributed by atoms with Crippen molar-refractivity contribution in [3.05, 3.63) is 53.4 Å². The minimum absolute atomic E-state index is 0.0474. The molecule has 12 heteroatoms. The van der Waals surface area contributed by atoms with Gasteiger partial charge in [-0.3, -0.25) is 4.68 Å². The van der Waals surface area contributed by atoms with Crippen LogP contribution in [0.2, 0.25) is 0 Å². The first-order valence-corrected chi connectivity index (χ1v) is 12.1. The second kappa shape index (κ2) is 7.76. The second-order valence-corrected chi connectivity index (χ2v) is 10.5. The molecule has 0 fully saturated rings. The number of rotatable bonds is 0. The van der Waals surface area contributed by atoms with Crippen LogP contribution in [-0.2, 0) is 28.4 Å². The first-order chi connectivity index (χ1) is 16.0. The Labute approximate surface area is 194 Å². The van der Waals surface area contributed by atoms with Crippen LogP contribution < -0.4 is 14.8 Å².